The summed E-state index contributed by atoms with van der Waals surface area (Å²) in [6.45, 7) is 0. The molecule has 0 aliphatic heterocycles. The SMILES string of the molecule is CN=C(NC)Nc1nc(CSCCC(N)=NC#N)cs1. The van der Waals surface area contributed by atoms with Gasteiger partial charge >= 0.3 is 0 Å². The number of nitrogens with two attached hydrogens (primary N) is 1. The molecule has 108 valence electrons. The summed E-state index contributed by atoms with van der Waals surface area (Å²) < 4.78 is 0. The number of guanidine groups is 1. The van der Waals surface area contributed by atoms with E-state index in [0.717, 1.165) is 22.3 Å². The summed E-state index contributed by atoms with van der Waals surface area (Å²) >= 11 is 3.24. The Morgan fingerprint density at radius 3 is 3.10 bits per heavy atom. The van der Waals surface area contributed by atoms with E-state index in [9.17, 15) is 0 Å². The van der Waals surface area contributed by atoms with Gasteiger partial charge < -0.3 is 16.4 Å². The van der Waals surface area contributed by atoms with Gasteiger partial charge in [0.2, 0.25) is 6.19 Å². The number of nitrogens with zero attached hydrogens (tertiary/aromatic N) is 4. The van der Waals surface area contributed by atoms with Gasteiger partial charge in [0.1, 0.15) is 5.84 Å². The van der Waals surface area contributed by atoms with Gasteiger partial charge in [-0.1, -0.05) is 0 Å². The second-order valence-electron chi connectivity index (χ2n) is 3.60. The van der Waals surface area contributed by atoms with Crippen LogP contribution in [-0.4, -0.2) is 36.6 Å². The molecule has 9 heteroatoms. The van der Waals surface area contributed by atoms with Crippen molar-refractivity contribution in [3.8, 4) is 6.19 Å². The maximum atomic E-state index is 8.33. The number of rotatable bonds is 6. The first kappa shape index (κ1) is 16.3. The Bertz CT molecular complexity index is 515. The fraction of sp³-hybridized carbons (Fsp3) is 0.455. The highest BCUT2D eigenvalue weighted by molar-refractivity contribution is 7.98. The summed E-state index contributed by atoms with van der Waals surface area (Å²) in [5.41, 5.74) is 6.53. The lowest BCUT2D eigenvalue weighted by Crippen LogP contribution is -2.26. The van der Waals surface area contributed by atoms with Gasteiger partial charge in [-0.3, -0.25) is 4.99 Å². The monoisotopic (exact) mass is 311 g/mol. The third kappa shape index (κ3) is 5.90. The van der Waals surface area contributed by atoms with Gasteiger partial charge in [0.05, 0.1) is 5.69 Å². The smallest absolute Gasteiger partial charge is 0.207 e. The van der Waals surface area contributed by atoms with Crippen LogP contribution >= 0.6 is 23.1 Å². The summed E-state index contributed by atoms with van der Waals surface area (Å²) in [6, 6.07) is 0. The second-order valence-corrected chi connectivity index (χ2v) is 5.56. The van der Waals surface area contributed by atoms with Crippen molar-refractivity contribution >= 4 is 40.0 Å². The standard InChI is InChI=1S/C11H17N7S2/c1-14-10(15-2)18-11-17-8(6-20-11)5-19-4-3-9(13)16-7-12/h6H,3-5H2,1-2H3,(H2,13,16)(H2,14,15,17,18). The molecular weight excluding hydrogens is 294 g/mol. The van der Waals surface area contributed by atoms with Crippen molar-refractivity contribution in [2.45, 2.75) is 12.2 Å². The van der Waals surface area contributed by atoms with Gasteiger partial charge in [-0.25, -0.2) is 4.98 Å². The van der Waals surface area contributed by atoms with Crippen LogP contribution in [0.25, 0.3) is 0 Å². The van der Waals surface area contributed by atoms with Crippen molar-refractivity contribution in [2.75, 3.05) is 25.2 Å². The van der Waals surface area contributed by atoms with E-state index >= 15 is 0 Å². The Hall–Kier alpha value is -1.79. The molecule has 4 N–H and O–H groups in total. The van der Waals surface area contributed by atoms with Crippen LogP contribution < -0.4 is 16.4 Å². The number of amidine groups is 1. The van der Waals surface area contributed by atoms with Crippen LogP contribution in [-0.2, 0) is 5.75 Å². The Kier molecular flexibility index (Phi) is 7.46. The Balaban J connectivity index is 2.34. The van der Waals surface area contributed by atoms with Gasteiger partial charge in [-0.2, -0.15) is 22.0 Å². The predicted molar refractivity (Wildman–Crippen MR) is 86.2 cm³/mol. The van der Waals surface area contributed by atoms with E-state index < -0.39 is 0 Å². The van der Waals surface area contributed by atoms with Gasteiger partial charge in [-0.05, 0) is 0 Å². The highest BCUT2D eigenvalue weighted by Crippen LogP contribution is 2.19. The van der Waals surface area contributed by atoms with Crippen LogP contribution in [0.3, 0.4) is 0 Å². The largest absolute Gasteiger partial charge is 0.386 e. The van der Waals surface area contributed by atoms with E-state index in [1.807, 2.05) is 5.38 Å². The summed E-state index contributed by atoms with van der Waals surface area (Å²) in [7, 11) is 3.50. The number of hydrogen-bond donors (Lipinski definition) is 3. The van der Waals surface area contributed by atoms with Crippen LogP contribution in [0.5, 0.6) is 0 Å². The molecule has 0 unspecified atom stereocenters. The van der Waals surface area contributed by atoms with Crippen LogP contribution in [0, 0.1) is 11.5 Å². The van der Waals surface area contributed by atoms with Crippen molar-refractivity contribution in [1.82, 2.24) is 10.3 Å². The fourth-order valence-corrected chi connectivity index (χ4v) is 2.91. The lowest BCUT2D eigenvalue weighted by atomic mass is 10.4. The molecule has 0 atom stereocenters. The molecule has 1 rings (SSSR count). The number of thiazole rings is 1. The number of nitrogens with one attached hydrogen (secondary N) is 2. The first-order chi connectivity index (χ1) is 9.69. The molecule has 0 fully saturated rings. The van der Waals surface area contributed by atoms with E-state index in [4.69, 9.17) is 11.0 Å². The number of thioether (sulfide) groups is 1. The number of hydrogen-bond acceptors (Lipinski definition) is 6. The average molecular weight is 311 g/mol. The molecule has 0 radical (unpaired) electrons. The number of anilines is 1. The minimum Gasteiger partial charge on any atom is -0.386 e. The maximum Gasteiger partial charge on any atom is 0.207 e. The van der Waals surface area contributed by atoms with Crippen molar-refractivity contribution < 1.29 is 0 Å². The normalized spacial score (nSPS) is 12.1. The average Bonchev–Trinajstić information content (AvgIpc) is 2.89. The second kappa shape index (κ2) is 9.17. The zero-order valence-corrected chi connectivity index (χ0v) is 13.0. The molecule has 0 amide bonds. The molecule has 0 saturated heterocycles. The van der Waals surface area contributed by atoms with Crippen molar-refractivity contribution in [3.63, 3.8) is 0 Å². The Labute approximate surface area is 126 Å². The van der Waals surface area contributed by atoms with E-state index in [0.29, 0.717) is 18.2 Å². The molecule has 0 aliphatic carbocycles. The zero-order chi connectivity index (χ0) is 14.8. The van der Waals surface area contributed by atoms with E-state index in [1.165, 1.54) is 11.3 Å². The van der Waals surface area contributed by atoms with Gasteiger partial charge in [-0.15, -0.1) is 11.3 Å². The van der Waals surface area contributed by atoms with Crippen molar-refractivity contribution in [1.29, 1.82) is 5.26 Å². The molecule has 0 aliphatic rings. The van der Waals surface area contributed by atoms with Crippen molar-refractivity contribution in [3.05, 3.63) is 11.1 Å². The number of aliphatic imine (C=N–C) groups is 2. The lowest BCUT2D eigenvalue weighted by molar-refractivity contribution is 1.13. The van der Waals surface area contributed by atoms with E-state index in [1.54, 1.807) is 32.1 Å². The quantitative estimate of drug-likeness (QED) is 0.315. The Morgan fingerprint density at radius 2 is 2.45 bits per heavy atom. The van der Waals surface area contributed by atoms with Gasteiger partial charge in [0.15, 0.2) is 11.1 Å². The van der Waals surface area contributed by atoms with Crippen LogP contribution in [0.15, 0.2) is 15.4 Å². The van der Waals surface area contributed by atoms with Crippen LogP contribution in [0.1, 0.15) is 12.1 Å². The number of aromatic nitrogens is 1. The fourth-order valence-electron chi connectivity index (χ4n) is 1.24. The molecular formula is C11H17N7S2. The first-order valence-corrected chi connectivity index (χ1v) is 7.87. The number of nitriles is 1. The minimum atomic E-state index is 0.374. The third-order valence-electron chi connectivity index (χ3n) is 2.18. The molecule has 0 aromatic carbocycles. The van der Waals surface area contributed by atoms with Crippen LogP contribution in [0.4, 0.5) is 5.13 Å². The molecule has 0 spiro atoms. The van der Waals surface area contributed by atoms with E-state index in [-0.39, 0.29) is 0 Å². The summed E-state index contributed by atoms with van der Waals surface area (Å²) in [5, 5.41) is 17.2. The summed E-state index contributed by atoms with van der Waals surface area (Å²) in [5.74, 6) is 2.67. The highest BCUT2D eigenvalue weighted by atomic mass is 32.2. The molecule has 0 saturated carbocycles. The Morgan fingerprint density at radius 1 is 1.65 bits per heavy atom. The molecule has 7 nitrogen and oxygen atoms in total. The third-order valence-corrected chi connectivity index (χ3v) is 3.98. The molecule has 0 bridgehead atoms. The minimum absolute atomic E-state index is 0.374. The van der Waals surface area contributed by atoms with Gasteiger partial charge in [0.25, 0.3) is 0 Å². The highest BCUT2D eigenvalue weighted by Gasteiger charge is 2.04. The van der Waals surface area contributed by atoms with Crippen molar-refractivity contribution in [2.24, 2.45) is 15.7 Å². The van der Waals surface area contributed by atoms with Gasteiger partial charge in [0, 0.05) is 37.4 Å². The molecule has 1 aromatic heterocycles. The van der Waals surface area contributed by atoms with Crippen LogP contribution in [0.2, 0.25) is 0 Å². The van der Waals surface area contributed by atoms with E-state index in [2.05, 4.69) is 25.6 Å². The topological polar surface area (TPSA) is 111 Å². The zero-order valence-electron chi connectivity index (χ0n) is 11.4. The maximum absolute atomic E-state index is 8.33. The predicted octanol–water partition coefficient (Wildman–Crippen LogP) is 1.22. The summed E-state index contributed by atoms with van der Waals surface area (Å²) in [6.07, 6.45) is 2.29. The lowest BCUT2D eigenvalue weighted by Gasteiger charge is -2.04. The first-order valence-electron chi connectivity index (χ1n) is 5.84. The summed E-state index contributed by atoms with van der Waals surface area (Å²) in [4.78, 5) is 11.9. The molecule has 1 aromatic rings. The molecule has 20 heavy (non-hydrogen) atoms. The molecule has 1 heterocycles.